The lowest BCUT2D eigenvalue weighted by Gasteiger charge is -2.13. The van der Waals surface area contributed by atoms with Gasteiger partial charge in [-0.15, -0.1) is 0 Å². The topological polar surface area (TPSA) is 68.6 Å². The summed E-state index contributed by atoms with van der Waals surface area (Å²) in [5.41, 5.74) is 2.66. The van der Waals surface area contributed by atoms with Gasteiger partial charge < -0.3 is 24.3 Å². The molecule has 1 heterocycles. The number of para-hydroxylation sites is 2. The Balaban J connectivity index is 1.67. The first-order valence-corrected chi connectivity index (χ1v) is 10.1. The molecular weight excluding hydrogens is 380 g/mol. The Morgan fingerprint density at radius 3 is 2.60 bits per heavy atom. The zero-order valence-electron chi connectivity index (χ0n) is 18.1. The molecule has 3 rings (SSSR count). The number of hydrogen-bond donors (Lipinski definition) is 1. The lowest BCUT2D eigenvalue weighted by molar-refractivity contribution is 0.0953. The summed E-state index contributed by atoms with van der Waals surface area (Å²) in [7, 11) is 7.29. The van der Waals surface area contributed by atoms with Crippen LogP contribution in [0.2, 0.25) is 0 Å². The van der Waals surface area contributed by atoms with Gasteiger partial charge in [0, 0.05) is 25.1 Å². The molecule has 0 saturated carbocycles. The van der Waals surface area contributed by atoms with Gasteiger partial charge in [0.1, 0.15) is 5.82 Å². The Bertz CT molecular complexity index is 997. The molecule has 0 spiro atoms. The molecule has 2 aromatic carbocycles. The van der Waals surface area contributed by atoms with Gasteiger partial charge in [-0.25, -0.2) is 4.98 Å². The minimum absolute atomic E-state index is 0.147. The Morgan fingerprint density at radius 2 is 1.87 bits per heavy atom. The Labute approximate surface area is 177 Å². The fraction of sp³-hybridized carbons (Fsp3) is 0.391. The van der Waals surface area contributed by atoms with E-state index in [2.05, 4.69) is 34.9 Å². The highest BCUT2D eigenvalue weighted by Gasteiger charge is 2.13. The fourth-order valence-electron chi connectivity index (χ4n) is 3.48. The monoisotopic (exact) mass is 410 g/mol. The molecule has 0 fully saturated rings. The first-order valence-electron chi connectivity index (χ1n) is 10.1. The summed E-state index contributed by atoms with van der Waals surface area (Å²) in [6.45, 7) is 2.42. The van der Waals surface area contributed by atoms with E-state index in [4.69, 9.17) is 14.5 Å². The third kappa shape index (κ3) is 5.10. The highest BCUT2D eigenvalue weighted by atomic mass is 16.5. The summed E-state index contributed by atoms with van der Waals surface area (Å²) >= 11 is 0. The number of carbonyl (C=O) groups excluding carboxylic acids is 1. The van der Waals surface area contributed by atoms with Crippen LogP contribution in [-0.2, 0) is 13.0 Å². The van der Waals surface area contributed by atoms with Crippen molar-refractivity contribution in [2.24, 2.45) is 0 Å². The Hall–Kier alpha value is -3.06. The smallest absolute Gasteiger partial charge is 0.251 e. The van der Waals surface area contributed by atoms with Gasteiger partial charge in [-0.3, -0.25) is 4.79 Å². The van der Waals surface area contributed by atoms with Crippen LogP contribution in [0.3, 0.4) is 0 Å². The molecular formula is C23H30N4O3. The summed E-state index contributed by atoms with van der Waals surface area (Å²) in [6.07, 6.45) is 1.70. The van der Waals surface area contributed by atoms with Crippen LogP contribution in [0.15, 0.2) is 42.5 Å². The quantitative estimate of drug-likeness (QED) is 0.557. The highest BCUT2D eigenvalue weighted by Crippen LogP contribution is 2.27. The van der Waals surface area contributed by atoms with Gasteiger partial charge in [0.15, 0.2) is 11.5 Å². The summed E-state index contributed by atoms with van der Waals surface area (Å²) in [4.78, 5) is 19.5. The van der Waals surface area contributed by atoms with Crippen molar-refractivity contribution in [2.45, 2.75) is 19.4 Å². The van der Waals surface area contributed by atoms with E-state index in [1.165, 1.54) is 0 Å². The molecule has 1 aromatic heterocycles. The Morgan fingerprint density at radius 1 is 1.10 bits per heavy atom. The summed E-state index contributed by atoms with van der Waals surface area (Å²) in [6, 6.07) is 13.3. The molecule has 0 radical (unpaired) electrons. The number of nitrogens with zero attached hydrogens (tertiary/aromatic N) is 3. The van der Waals surface area contributed by atoms with Gasteiger partial charge in [-0.1, -0.05) is 12.1 Å². The third-order valence-electron chi connectivity index (χ3n) is 5.00. The molecule has 0 atom stereocenters. The first-order chi connectivity index (χ1) is 14.5. The van der Waals surface area contributed by atoms with Crippen LogP contribution in [0.5, 0.6) is 11.5 Å². The minimum Gasteiger partial charge on any atom is -0.493 e. The number of amides is 1. The van der Waals surface area contributed by atoms with E-state index >= 15 is 0 Å². The number of hydrogen-bond acceptors (Lipinski definition) is 5. The average molecular weight is 411 g/mol. The molecule has 0 unspecified atom stereocenters. The lowest BCUT2D eigenvalue weighted by Crippen LogP contribution is -2.26. The molecule has 3 aromatic rings. The standard InChI is InChI=1S/C23H30N4O3/c1-26(2)14-7-15-27-19-9-6-5-8-18(19)25-22(27)12-13-24-23(28)17-10-11-20(29-3)21(16-17)30-4/h5-6,8-11,16H,7,12-15H2,1-4H3,(H,24,28). The zero-order valence-corrected chi connectivity index (χ0v) is 18.1. The number of nitrogens with one attached hydrogen (secondary N) is 1. The first kappa shape index (κ1) is 21.6. The summed E-state index contributed by atoms with van der Waals surface area (Å²) in [5.74, 6) is 1.97. The van der Waals surface area contributed by atoms with Crippen molar-refractivity contribution in [1.82, 2.24) is 19.8 Å². The van der Waals surface area contributed by atoms with Crippen molar-refractivity contribution in [3.8, 4) is 11.5 Å². The zero-order chi connectivity index (χ0) is 21.5. The highest BCUT2D eigenvalue weighted by molar-refractivity contribution is 5.94. The SMILES string of the molecule is COc1ccc(C(=O)NCCc2nc3ccccc3n2CCCN(C)C)cc1OC. The Kier molecular flexibility index (Phi) is 7.30. The number of methoxy groups -OCH3 is 2. The maximum atomic E-state index is 12.6. The minimum atomic E-state index is -0.147. The normalized spacial score (nSPS) is 11.1. The van der Waals surface area contributed by atoms with Crippen molar-refractivity contribution in [2.75, 3.05) is 41.4 Å². The average Bonchev–Trinajstić information content (AvgIpc) is 3.10. The molecule has 0 bridgehead atoms. The number of aromatic nitrogens is 2. The largest absolute Gasteiger partial charge is 0.493 e. The van der Waals surface area contributed by atoms with Crippen LogP contribution in [0, 0.1) is 0 Å². The van der Waals surface area contributed by atoms with Gasteiger partial charge >= 0.3 is 0 Å². The van der Waals surface area contributed by atoms with E-state index in [9.17, 15) is 4.79 Å². The third-order valence-corrected chi connectivity index (χ3v) is 5.00. The molecule has 0 aliphatic carbocycles. The summed E-state index contributed by atoms with van der Waals surface area (Å²) < 4.78 is 12.8. The van der Waals surface area contributed by atoms with E-state index < -0.39 is 0 Å². The van der Waals surface area contributed by atoms with E-state index in [-0.39, 0.29) is 5.91 Å². The van der Waals surface area contributed by atoms with E-state index in [1.54, 1.807) is 32.4 Å². The molecule has 7 heteroatoms. The van der Waals surface area contributed by atoms with Gasteiger partial charge in [0.25, 0.3) is 5.91 Å². The van der Waals surface area contributed by atoms with Crippen LogP contribution >= 0.6 is 0 Å². The van der Waals surface area contributed by atoms with Gasteiger partial charge in [-0.2, -0.15) is 0 Å². The molecule has 7 nitrogen and oxygen atoms in total. The van der Waals surface area contributed by atoms with Crippen molar-refractivity contribution in [1.29, 1.82) is 0 Å². The van der Waals surface area contributed by atoms with Crippen LogP contribution < -0.4 is 14.8 Å². The summed E-state index contributed by atoms with van der Waals surface area (Å²) in [5, 5.41) is 2.99. The number of ether oxygens (including phenoxy) is 2. The number of benzene rings is 2. The molecule has 1 amide bonds. The van der Waals surface area contributed by atoms with Crippen LogP contribution in [0.1, 0.15) is 22.6 Å². The van der Waals surface area contributed by atoms with Gasteiger partial charge in [-0.05, 0) is 57.4 Å². The number of rotatable bonds is 10. The second-order valence-electron chi connectivity index (χ2n) is 7.40. The van der Waals surface area contributed by atoms with Crippen molar-refractivity contribution in [3.05, 3.63) is 53.9 Å². The van der Waals surface area contributed by atoms with Crippen LogP contribution in [0.25, 0.3) is 11.0 Å². The second-order valence-corrected chi connectivity index (χ2v) is 7.40. The maximum absolute atomic E-state index is 12.6. The van der Waals surface area contributed by atoms with Gasteiger partial charge in [0.2, 0.25) is 0 Å². The number of carbonyl (C=O) groups is 1. The fourth-order valence-corrected chi connectivity index (χ4v) is 3.48. The van der Waals surface area contributed by atoms with Crippen molar-refractivity contribution >= 4 is 16.9 Å². The molecule has 0 aliphatic heterocycles. The molecule has 160 valence electrons. The second kappa shape index (κ2) is 10.1. The van der Waals surface area contributed by atoms with Crippen molar-refractivity contribution in [3.63, 3.8) is 0 Å². The predicted octanol–water partition coefficient (Wildman–Crippen LogP) is 2.98. The van der Waals surface area contributed by atoms with Gasteiger partial charge in [0.05, 0.1) is 25.3 Å². The van der Waals surface area contributed by atoms with E-state index in [1.807, 2.05) is 18.2 Å². The lowest BCUT2D eigenvalue weighted by atomic mass is 10.2. The predicted molar refractivity (Wildman–Crippen MR) is 118 cm³/mol. The number of imidazole rings is 1. The molecule has 30 heavy (non-hydrogen) atoms. The van der Waals surface area contributed by atoms with Crippen LogP contribution in [0.4, 0.5) is 0 Å². The molecule has 0 aliphatic rings. The van der Waals surface area contributed by atoms with E-state index in [0.717, 1.165) is 36.4 Å². The maximum Gasteiger partial charge on any atom is 0.251 e. The molecule has 0 saturated heterocycles. The van der Waals surface area contributed by atoms with Crippen LogP contribution in [-0.4, -0.2) is 61.8 Å². The van der Waals surface area contributed by atoms with Crippen molar-refractivity contribution < 1.29 is 14.3 Å². The number of aryl methyl sites for hydroxylation is 1. The van der Waals surface area contributed by atoms with E-state index in [0.29, 0.717) is 30.0 Å². The molecule has 1 N–H and O–H groups in total. The number of fused-ring (bicyclic) bond motifs is 1.